The van der Waals surface area contributed by atoms with Gasteiger partial charge in [-0.25, -0.2) is 4.79 Å². The van der Waals surface area contributed by atoms with Gasteiger partial charge in [-0.15, -0.1) is 11.8 Å². The van der Waals surface area contributed by atoms with Crippen molar-refractivity contribution in [3.8, 4) is 0 Å². The van der Waals surface area contributed by atoms with Crippen molar-refractivity contribution in [2.24, 2.45) is 5.92 Å². The molecule has 2 atom stereocenters. The lowest BCUT2D eigenvalue weighted by Gasteiger charge is -2.29. The molecule has 0 spiro atoms. The third kappa shape index (κ3) is 5.45. The van der Waals surface area contributed by atoms with E-state index >= 15 is 0 Å². The Labute approximate surface area is 163 Å². The summed E-state index contributed by atoms with van der Waals surface area (Å²) in [6.45, 7) is 6.47. The van der Waals surface area contributed by atoms with Gasteiger partial charge in [-0.05, 0) is 24.8 Å². The maximum atomic E-state index is 13.1. The van der Waals surface area contributed by atoms with Gasteiger partial charge in [-0.2, -0.15) is 0 Å². The number of carbonyl (C=O) groups excluding carboxylic acids is 2. The van der Waals surface area contributed by atoms with Gasteiger partial charge in [0.1, 0.15) is 6.04 Å². The van der Waals surface area contributed by atoms with Gasteiger partial charge in [-0.3, -0.25) is 14.9 Å². The number of esters is 1. The summed E-state index contributed by atoms with van der Waals surface area (Å²) in [4.78, 5) is 37.7. The van der Waals surface area contributed by atoms with Crippen molar-refractivity contribution >= 4 is 29.3 Å². The molecule has 0 radical (unpaired) electrons. The van der Waals surface area contributed by atoms with Crippen molar-refractivity contribution in [2.45, 2.75) is 51.4 Å². The van der Waals surface area contributed by atoms with Crippen LogP contribution >= 0.6 is 11.8 Å². The average Bonchev–Trinajstić information content (AvgIpc) is 3.04. The van der Waals surface area contributed by atoms with Crippen molar-refractivity contribution in [3.05, 3.63) is 39.9 Å². The number of unbranched alkanes of at least 4 members (excludes halogenated alkanes) is 1. The van der Waals surface area contributed by atoms with Crippen LogP contribution in [-0.2, 0) is 9.53 Å². The van der Waals surface area contributed by atoms with Crippen LogP contribution in [0.5, 0.6) is 0 Å². The first-order chi connectivity index (χ1) is 12.8. The summed E-state index contributed by atoms with van der Waals surface area (Å²) >= 11 is 1.56. The van der Waals surface area contributed by atoms with Crippen LogP contribution in [0.2, 0.25) is 0 Å². The summed E-state index contributed by atoms with van der Waals surface area (Å²) in [6, 6.07) is 4.97. The molecule has 0 unspecified atom stereocenters. The fourth-order valence-electron chi connectivity index (χ4n) is 2.92. The fourth-order valence-corrected chi connectivity index (χ4v) is 4.54. The zero-order chi connectivity index (χ0) is 20.0. The molecular formula is C19H26N2O5S. The Kier molecular flexibility index (Phi) is 7.65. The number of non-ortho nitro benzene ring substituents is 1. The van der Waals surface area contributed by atoms with Crippen molar-refractivity contribution in [2.75, 3.05) is 12.4 Å². The highest BCUT2D eigenvalue weighted by Crippen LogP contribution is 2.35. The van der Waals surface area contributed by atoms with E-state index in [-0.39, 0.29) is 22.5 Å². The smallest absolute Gasteiger partial charge is 0.329 e. The van der Waals surface area contributed by atoms with E-state index in [1.54, 1.807) is 22.7 Å². The molecule has 1 heterocycles. The predicted octanol–water partition coefficient (Wildman–Crippen LogP) is 3.87. The quantitative estimate of drug-likeness (QED) is 0.288. The minimum Gasteiger partial charge on any atom is -0.464 e. The van der Waals surface area contributed by atoms with Gasteiger partial charge in [0.2, 0.25) is 0 Å². The molecule has 1 amide bonds. The molecule has 1 aliphatic rings. The topological polar surface area (TPSA) is 89.8 Å². The Bertz CT molecular complexity index is 694. The number of amides is 1. The molecule has 0 bridgehead atoms. The normalized spacial score (nSPS) is 19.3. The zero-order valence-electron chi connectivity index (χ0n) is 15.9. The highest BCUT2D eigenvalue weighted by molar-refractivity contribution is 8.00. The Morgan fingerprint density at radius 1 is 1.41 bits per heavy atom. The lowest BCUT2D eigenvalue weighted by atomic mass is 10.1. The predicted molar refractivity (Wildman–Crippen MR) is 105 cm³/mol. The number of nitro groups is 1. The highest BCUT2D eigenvalue weighted by Gasteiger charge is 2.43. The fraction of sp³-hybridized carbons (Fsp3) is 0.579. The van der Waals surface area contributed by atoms with Gasteiger partial charge >= 0.3 is 5.97 Å². The Balaban J connectivity index is 2.26. The van der Waals surface area contributed by atoms with Gasteiger partial charge in [0.25, 0.3) is 11.6 Å². The highest BCUT2D eigenvalue weighted by atomic mass is 32.2. The van der Waals surface area contributed by atoms with Crippen LogP contribution in [0.3, 0.4) is 0 Å². The molecule has 1 aliphatic heterocycles. The second-order valence-corrected chi connectivity index (χ2v) is 8.19. The Morgan fingerprint density at radius 2 is 2.15 bits per heavy atom. The molecule has 1 fully saturated rings. The van der Waals surface area contributed by atoms with E-state index in [2.05, 4.69) is 13.8 Å². The molecule has 1 aromatic carbocycles. The molecule has 0 aliphatic carbocycles. The summed E-state index contributed by atoms with van der Waals surface area (Å²) in [5.74, 6) is 0.0498. The maximum absolute atomic E-state index is 13.1. The van der Waals surface area contributed by atoms with Gasteiger partial charge in [0.15, 0.2) is 0 Å². The Hall–Kier alpha value is -2.09. The minimum atomic E-state index is -0.664. The van der Waals surface area contributed by atoms with E-state index in [9.17, 15) is 19.7 Å². The van der Waals surface area contributed by atoms with E-state index < -0.39 is 16.9 Å². The third-order valence-electron chi connectivity index (χ3n) is 4.32. The first kappa shape index (κ1) is 21.2. The number of carbonyl (C=O) groups is 2. The number of thioether (sulfide) groups is 1. The summed E-state index contributed by atoms with van der Waals surface area (Å²) in [6.07, 6.45) is 2.43. The lowest BCUT2D eigenvalue weighted by Crippen LogP contribution is -2.46. The van der Waals surface area contributed by atoms with Crippen LogP contribution < -0.4 is 0 Å². The summed E-state index contributed by atoms with van der Waals surface area (Å²) in [5, 5.41) is 10.9. The molecule has 1 aromatic rings. The number of nitro benzene ring substituents is 1. The average molecular weight is 394 g/mol. The monoisotopic (exact) mass is 394 g/mol. The van der Waals surface area contributed by atoms with E-state index in [0.717, 1.165) is 19.3 Å². The number of ether oxygens (including phenoxy) is 1. The first-order valence-electron chi connectivity index (χ1n) is 9.20. The summed E-state index contributed by atoms with van der Waals surface area (Å²) < 4.78 is 5.34. The van der Waals surface area contributed by atoms with Crippen molar-refractivity contribution < 1.29 is 19.2 Å². The van der Waals surface area contributed by atoms with Crippen LogP contribution in [0.15, 0.2) is 24.3 Å². The molecule has 7 nitrogen and oxygen atoms in total. The molecule has 8 heteroatoms. The van der Waals surface area contributed by atoms with Gasteiger partial charge < -0.3 is 9.64 Å². The van der Waals surface area contributed by atoms with Crippen LogP contribution in [0, 0.1) is 16.0 Å². The third-order valence-corrected chi connectivity index (χ3v) is 5.63. The van der Waals surface area contributed by atoms with Crippen molar-refractivity contribution in [1.29, 1.82) is 0 Å². The minimum absolute atomic E-state index is 0.143. The summed E-state index contributed by atoms with van der Waals surface area (Å²) in [7, 11) is 0. The zero-order valence-corrected chi connectivity index (χ0v) is 16.7. The van der Waals surface area contributed by atoms with Crippen LogP contribution in [0.1, 0.15) is 50.4 Å². The molecule has 1 saturated heterocycles. The van der Waals surface area contributed by atoms with Crippen LogP contribution in [-0.4, -0.2) is 45.5 Å². The second kappa shape index (κ2) is 9.73. The number of rotatable bonds is 8. The second-order valence-electron chi connectivity index (χ2n) is 6.97. The molecule has 0 N–H and O–H groups in total. The molecule has 0 aromatic heterocycles. The molecule has 148 valence electrons. The SMILES string of the molecule is CCCCOC(=O)[C@@H]1CS[C@H](CC(C)C)N1C(=O)c1cccc([N+](=O)[O-])c1. The molecular weight excluding hydrogens is 368 g/mol. The van der Waals surface area contributed by atoms with Gasteiger partial charge in [0.05, 0.1) is 16.9 Å². The number of hydrogen-bond acceptors (Lipinski definition) is 6. The lowest BCUT2D eigenvalue weighted by molar-refractivity contribution is -0.384. The first-order valence-corrected chi connectivity index (χ1v) is 10.2. The number of hydrogen-bond donors (Lipinski definition) is 0. The van der Waals surface area contributed by atoms with Crippen LogP contribution in [0.4, 0.5) is 5.69 Å². The largest absolute Gasteiger partial charge is 0.464 e. The number of nitrogens with zero attached hydrogens (tertiary/aromatic N) is 2. The van der Waals surface area contributed by atoms with E-state index in [1.165, 1.54) is 18.2 Å². The van der Waals surface area contributed by atoms with E-state index in [4.69, 9.17) is 4.74 Å². The standard InChI is InChI=1S/C19H26N2O5S/c1-4-5-9-26-19(23)16-12-27-17(10-13(2)3)20(16)18(22)14-7-6-8-15(11-14)21(24)25/h6-8,11,13,16-17H,4-5,9-10,12H2,1-3H3/t16-,17+/m0/s1. The van der Waals surface area contributed by atoms with Crippen molar-refractivity contribution in [3.63, 3.8) is 0 Å². The summed E-state index contributed by atoms with van der Waals surface area (Å²) in [5.41, 5.74) is 0.0713. The van der Waals surface area contributed by atoms with Gasteiger partial charge in [-0.1, -0.05) is 33.3 Å². The maximum Gasteiger partial charge on any atom is 0.329 e. The molecule has 0 saturated carbocycles. The number of benzene rings is 1. The molecule has 2 rings (SSSR count). The van der Waals surface area contributed by atoms with Crippen molar-refractivity contribution in [1.82, 2.24) is 4.90 Å². The van der Waals surface area contributed by atoms with E-state index in [0.29, 0.717) is 18.3 Å². The Morgan fingerprint density at radius 3 is 2.78 bits per heavy atom. The van der Waals surface area contributed by atoms with Gasteiger partial charge in [0, 0.05) is 23.4 Å². The molecule has 27 heavy (non-hydrogen) atoms. The van der Waals surface area contributed by atoms with E-state index in [1.807, 2.05) is 6.92 Å². The van der Waals surface area contributed by atoms with Crippen LogP contribution in [0.25, 0.3) is 0 Å².